The van der Waals surface area contributed by atoms with Crippen LogP contribution in [0.25, 0.3) is 0 Å². The molecule has 0 amide bonds. The molecule has 1 atom stereocenters. The molecule has 0 aliphatic heterocycles. The lowest BCUT2D eigenvalue weighted by Crippen LogP contribution is -2.22. The van der Waals surface area contributed by atoms with E-state index in [0.717, 1.165) is 0 Å². The average molecular weight is 228 g/mol. The fourth-order valence-corrected chi connectivity index (χ4v) is 1.45. The van der Waals surface area contributed by atoms with Crippen LogP contribution in [0.2, 0.25) is 5.02 Å². The van der Waals surface area contributed by atoms with Gasteiger partial charge in [0, 0.05) is 10.6 Å². The first-order chi connectivity index (χ1) is 7.02. The molecule has 15 heavy (non-hydrogen) atoms. The van der Waals surface area contributed by atoms with Gasteiger partial charge in [-0.2, -0.15) is 5.26 Å². The van der Waals surface area contributed by atoms with E-state index in [1.165, 1.54) is 12.1 Å². The molecule has 0 spiro atoms. The molecule has 2 nitrogen and oxygen atoms in total. The molecule has 4 heteroatoms. The van der Waals surface area contributed by atoms with Gasteiger partial charge in [-0.1, -0.05) is 17.7 Å². The van der Waals surface area contributed by atoms with Crippen LogP contribution in [0, 0.1) is 22.6 Å². The molecule has 0 radical (unpaired) electrons. The van der Waals surface area contributed by atoms with Crippen molar-refractivity contribution in [2.45, 2.75) is 13.3 Å². The van der Waals surface area contributed by atoms with Crippen LogP contribution in [-0.2, 0) is 6.42 Å². The summed E-state index contributed by atoms with van der Waals surface area (Å²) in [5, 5.41) is 18.2. The summed E-state index contributed by atoms with van der Waals surface area (Å²) >= 11 is 5.82. The standard InChI is InChI=1S/C11H11ClFNO/c1-11(6-14,7-15)5-8-9(12)3-2-4-10(8)13/h2-4,15H,5,7H2,1H3. The summed E-state index contributed by atoms with van der Waals surface area (Å²) in [6, 6.07) is 6.31. The van der Waals surface area contributed by atoms with E-state index >= 15 is 0 Å². The maximum atomic E-state index is 13.4. The SMILES string of the molecule is CC(C#N)(CO)Cc1c(F)cccc1Cl. The molecule has 1 aromatic rings. The van der Waals surface area contributed by atoms with Crippen molar-refractivity contribution in [3.63, 3.8) is 0 Å². The second-order valence-corrected chi connectivity index (χ2v) is 4.11. The van der Waals surface area contributed by atoms with Gasteiger partial charge in [-0.05, 0) is 25.5 Å². The molecule has 0 heterocycles. The molecular formula is C11H11ClFNO. The van der Waals surface area contributed by atoms with Crippen molar-refractivity contribution in [2.24, 2.45) is 5.41 Å². The second kappa shape index (κ2) is 4.61. The lowest BCUT2D eigenvalue weighted by Gasteiger charge is -2.19. The van der Waals surface area contributed by atoms with Gasteiger partial charge in [-0.15, -0.1) is 0 Å². The lowest BCUT2D eigenvalue weighted by molar-refractivity contribution is 0.189. The minimum Gasteiger partial charge on any atom is -0.395 e. The number of hydrogen-bond acceptors (Lipinski definition) is 2. The molecule has 0 saturated carbocycles. The maximum absolute atomic E-state index is 13.4. The Bertz CT molecular complexity index is 382. The molecule has 0 aliphatic rings. The number of nitriles is 1. The number of rotatable bonds is 3. The molecule has 80 valence electrons. The number of benzene rings is 1. The van der Waals surface area contributed by atoms with Crippen molar-refractivity contribution >= 4 is 11.6 Å². The Morgan fingerprint density at radius 1 is 1.60 bits per heavy atom. The largest absolute Gasteiger partial charge is 0.395 e. The molecule has 0 saturated heterocycles. The molecule has 1 aromatic carbocycles. The average Bonchev–Trinajstić information content (AvgIpc) is 2.23. The lowest BCUT2D eigenvalue weighted by atomic mass is 9.86. The van der Waals surface area contributed by atoms with E-state index in [2.05, 4.69) is 0 Å². The van der Waals surface area contributed by atoms with Gasteiger partial charge in [0.05, 0.1) is 18.1 Å². The number of nitrogens with zero attached hydrogens (tertiary/aromatic N) is 1. The minimum atomic E-state index is -0.994. The van der Waals surface area contributed by atoms with Gasteiger partial charge < -0.3 is 5.11 Å². The predicted molar refractivity (Wildman–Crippen MR) is 55.9 cm³/mol. The van der Waals surface area contributed by atoms with Crippen molar-refractivity contribution in [1.82, 2.24) is 0 Å². The van der Waals surface area contributed by atoms with E-state index in [-0.39, 0.29) is 23.6 Å². The monoisotopic (exact) mass is 227 g/mol. The minimum absolute atomic E-state index is 0.103. The van der Waals surface area contributed by atoms with Crippen molar-refractivity contribution in [3.05, 3.63) is 34.6 Å². The molecule has 0 bridgehead atoms. The van der Waals surface area contributed by atoms with E-state index < -0.39 is 11.2 Å². The van der Waals surface area contributed by atoms with Crippen molar-refractivity contribution in [1.29, 1.82) is 5.26 Å². The number of hydrogen-bond donors (Lipinski definition) is 1. The topological polar surface area (TPSA) is 44.0 Å². The molecule has 1 N–H and O–H groups in total. The van der Waals surface area contributed by atoms with Crippen LogP contribution in [0.5, 0.6) is 0 Å². The van der Waals surface area contributed by atoms with E-state index in [1.54, 1.807) is 13.0 Å². The molecule has 1 rings (SSSR count). The van der Waals surface area contributed by atoms with Gasteiger partial charge in [0.25, 0.3) is 0 Å². The van der Waals surface area contributed by atoms with Crippen LogP contribution in [-0.4, -0.2) is 11.7 Å². The predicted octanol–water partition coefficient (Wildman–Crippen LogP) is 2.54. The van der Waals surface area contributed by atoms with Crippen LogP contribution in [0.15, 0.2) is 18.2 Å². The third-order valence-electron chi connectivity index (χ3n) is 2.25. The van der Waals surface area contributed by atoms with Crippen LogP contribution >= 0.6 is 11.6 Å². The number of halogens is 2. The number of aliphatic hydroxyl groups is 1. The van der Waals surface area contributed by atoms with Gasteiger partial charge in [-0.3, -0.25) is 0 Å². The highest BCUT2D eigenvalue weighted by molar-refractivity contribution is 6.31. The summed E-state index contributed by atoms with van der Waals surface area (Å²) in [5.74, 6) is -0.447. The highest BCUT2D eigenvalue weighted by Gasteiger charge is 2.26. The quantitative estimate of drug-likeness (QED) is 0.863. The summed E-state index contributed by atoms with van der Waals surface area (Å²) in [6.45, 7) is 1.24. The van der Waals surface area contributed by atoms with E-state index in [9.17, 15) is 4.39 Å². The molecule has 0 aliphatic carbocycles. The Balaban J connectivity index is 3.05. The number of aliphatic hydroxyl groups excluding tert-OH is 1. The zero-order valence-electron chi connectivity index (χ0n) is 8.30. The zero-order valence-corrected chi connectivity index (χ0v) is 9.05. The van der Waals surface area contributed by atoms with Crippen molar-refractivity contribution < 1.29 is 9.50 Å². The van der Waals surface area contributed by atoms with Crippen molar-refractivity contribution in [2.75, 3.05) is 6.61 Å². The third kappa shape index (κ3) is 2.68. The zero-order chi connectivity index (χ0) is 11.5. The Kier molecular flexibility index (Phi) is 3.67. The van der Waals surface area contributed by atoms with Gasteiger partial charge in [0.2, 0.25) is 0 Å². The van der Waals surface area contributed by atoms with Crippen LogP contribution < -0.4 is 0 Å². The van der Waals surface area contributed by atoms with E-state index in [4.69, 9.17) is 22.0 Å². The summed E-state index contributed by atoms with van der Waals surface area (Å²) in [6.07, 6.45) is 0.103. The fourth-order valence-electron chi connectivity index (χ4n) is 1.22. The highest BCUT2D eigenvalue weighted by atomic mass is 35.5. The molecule has 0 fully saturated rings. The maximum Gasteiger partial charge on any atom is 0.127 e. The third-order valence-corrected chi connectivity index (χ3v) is 2.60. The van der Waals surface area contributed by atoms with E-state index in [0.29, 0.717) is 0 Å². The summed E-state index contributed by atoms with van der Waals surface area (Å²) < 4.78 is 13.4. The summed E-state index contributed by atoms with van der Waals surface area (Å²) in [7, 11) is 0. The van der Waals surface area contributed by atoms with Crippen molar-refractivity contribution in [3.8, 4) is 6.07 Å². The van der Waals surface area contributed by atoms with E-state index in [1.807, 2.05) is 6.07 Å². The first kappa shape index (κ1) is 12.0. The van der Waals surface area contributed by atoms with Crippen LogP contribution in [0.3, 0.4) is 0 Å². The normalized spacial score (nSPS) is 14.3. The first-order valence-electron chi connectivity index (χ1n) is 4.47. The van der Waals surface area contributed by atoms with Crippen LogP contribution in [0.1, 0.15) is 12.5 Å². The Hall–Kier alpha value is -1.11. The molecule has 1 unspecified atom stereocenters. The van der Waals surface area contributed by atoms with Gasteiger partial charge in [-0.25, -0.2) is 4.39 Å². The Labute approximate surface area is 92.9 Å². The highest BCUT2D eigenvalue weighted by Crippen LogP contribution is 2.27. The van der Waals surface area contributed by atoms with Gasteiger partial charge in [0.1, 0.15) is 5.82 Å². The fraction of sp³-hybridized carbons (Fsp3) is 0.364. The van der Waals surface area contributed by atoms with Crippen LogP contribution in [0.4, 0.5) is 4.39 Å². The second-order valence-electron chi connectivity index (χ2n) is 3.71. The smallest absolute Gasteiger partial charge is 0.127 e. The molecule has 0 aromatic heterocycles. The van der Waals surface area contributed by atoms with Gasteiger partial charge >= 0.3 is 0 Å². The Morgan fingerprint density at radius 2 is 2.27 bits per heavy atom. The summed E-state index contributed by atoms with van der Waals surface area (Å²) in [4.78, 5) is 0. The summed E-state index contributed by atoms with van der Waals surface area (Å²) in [5.41, 5.74) is -0.719. The first-order valence-corrected chi connectivity index (χ1v) is 4.85. The molecular weight excluding hydrogens is 217 g/mol. The Morgan fingerprint density at radius 3 is 2.73 bits per heavy atom. The van der Waals surface area contributed by atoms with Gasteiger partial charge in [0.15, 0.2) is 0 Å².